The number of piperazine rings is 1. The number of esters is 1. The van der Waals surface area contributed by atoms with Crippen molar-refractivity contribution < 1.29 is 19.1 Å². The minimum Gasteiger partial charge on any atom is -0.495 e. The topological polar surface area (TPSA) is 75.2 Å². The number of ether oxygens (including phenoxy) is 2. The van der Waals surface area contributed by atoms with E-state index < -0.39 is 5.97 Å². The third-order valence-electron chi connectivity index (χ3n) is 5.85. The van der Waals surface area contributed by atoms with Crippen LogP contribution in [-0.4, -0.2) is 62.3 Å². The number of hydrogen-bond donors (Lipinski definition) is 0. The number of amides is 2. The van der Waals surface area contributed by atoms with Crippen LogP contribution in [0.15, 0.2) is 72.9 Å². The van der Waals surface area contributed by atoms with E-state index in [4.69, 9.17) is 9.47 Å². The molecule has 0 radical (unpaired) electrons. The Labute approximate surface area is 199 Å². The summed E-state index contributed by atoms with van der Waals surface area (Å²) in [5.41, 5.74) is 2.39. The molecule has 2 amide bonds. The molecule has 0 saturated carbocycles. The van der Waals surface area contributed by atoms with Crippen LogP contribution in [0.25, 0.3) is 0 Å². The maximum atomic E-state index is 13.6. The average molecular weight is 461 g/mol. The van der Waals surface area contributed by atoms with Crippen LogP contribution in [0.5, 0.6) is 5.75 Å². The Morgan fingerprint density at radius 1 is 0.912 bits per heavy atom. The first kappa shape index (κ1) is 23.1. The van der Waals surface area contributed by atoms with Crippen molar-refractivity contribution in [3.8, 4) is 5.75 Å². The minimum atomic E-state index is -0.392. The summed E-state index contributed by atoms with van der Waals surface area (Å²) in [6, 6.07) is 20.4. The summed E-state index contributed by atoms with van der Waals surface area (Å²) in [6.45, 7) is 2.92. The lowest BCUT2D eigenvalue weighted by Gasteiger charge is -2.38. The highest BCUT2D eigenvalue weighted by molar-refractivity contribution is 5.91. The summed E-state index contributed by atoms with van der Waals surface area (Å²) >= 11 is 0. The predicted molar refractivity (Wildman–Crippen MR) is 130 cm³/mol. The number of hydrogen-bond acceptors (Lipinski definition) is 6. The van der Waals surface area contributed by atoms with Gasteiger partial charge in [-0.25, -0.2) is 14.6 Å². The smallest absolute Gasteiger partial charge is 0.337 e. The second-order valence-corrected chi connectivity index (χ2v) is 7.89. The molecule has 2 heterocycles. The Morgan fingerprint density at radius 3 is 2.26 bits per heavy atom. The Bertz CT molecular complexity index is 1110. The minimum absolute atomic E-state index is 0.101. The van der Waals surface area contributed by atoms with Gasteiger partial charge < -0.3 is 19.3 Å². The highest BCUT2D eigenvalue weighted by atomic mass is 16.5. The molecule has 3 aromatic rings. The predicted octanol–water partition coefficient (Wildman–Crippen LogP) is 3.83. The van der Waals surface area contributed by atoms with Gasteiger partial charge in [-0.05, 0) is 42.0 Å². The van der Waals surface area contributed by atoms with E-state index >= 15 is 0 Å². The number of pyridine rings is 1. The average Bonchev–Trinajstić information content (AvgIpc) is 2.91. The van der Waals surface area contributed by atoms with Crippen molar-refractivity contribution in [1.29, 1.82) is 0 Å². The zero-order valence-corrected chi connectivity index (χ0v) is 19.4. The van der Waals surface area contributed by atoms with Gasteiger partial charge in [0.25, 0.3) is 0 Å². The van der Waals surface area contributed by atoms with Gasteiger partial charge in [-0.15, -0.1) is 0 Å². The van der Waals surface area contributed by atoms with Gasteiger partial charge in [0, 0.05) is 32.4 Å². The van der Waals surface area contributed by atoms with Gasteiger partial charge >= 0.3 is 12.0 Å². The molecule has 1 saturated heterocycles. The fourth-order valence-corrected chi connectivity index (χ4v) is 4.01. The van der Waals surface area contributed by atoms with Crippen molar-refractivity contribution in [2.24, 2.45) is 0 Å². The van der Waals surface area contributed by atoms with Gasteiger partial charge in [0.1, 0.15) is 11.6 Å². The van der Waals surface area contributed by atoms with Gasteiger partial charge in [-0.1, -0.05) is 30.3 Å². The standard InChI is InChI=1S/C26H28N4O4/c1-33-23-8-4-3-7-22(23)28-15-17-29(18-16-28)26(32)30(24-9-5-6-14-27-24)19-20-10-12-21(13-11-20)25(31)34-2/h3-14H,15-19H2,1-2H3. The Kier molecular flexibility index (Phi) is 7.27. The molecule has 34 heavy (non-hydrogen) atoms. The van der Waals surface area contributed by atoms with Crippen molar-refractivity contribution in [3.63, 3.8) is 0 Å². The molecule has 176 valence electrons. The number of carbonyl (C=O) groups excluding carboxylic acids is 2. The second-order valence-electron chi connectivity index (χ2n) is 7.89. The van der Waals surface area contributed by atoms with Crippen molar-refractivity contribution in [2.75, 3.05) is 50.2 Å². The number of rotatable bonds is 6. The van der Waals surface area contributed by atoms with E-state index in [1.165, 1.54) is 7.11 Å². The molecular formula is C26H28N4O4. The number of para-hydroxylation sites is 2. The van der Waals surface area contributed by atoms with Crippen molar-refractivity contribution in [1.82, 2.24) is 9.88 Å². The molecule has 1 aromatic heterocycles. The largest absolute Gasteiger partial charge is 0.495 e. The lowest BCUT2D eigenvalue weighted by molar-refractivity contribution is 0.0600. The molecule has 0 bridgehead atoms. The summed E-state index contributed by atoms with van der Waals surface area (Å²) in [5.74, 6) is 1.02. The highest BCUT2D eigenvalue weighted by Gasteiger charge is 2.28. The summed E-state index contributed by atoms with van der Waals surface area (Å²) in [5, 5.41) is 0. The molecule has 2 aromatic carbocycles. The third-order valence-corrected chi connectivity index (χ3v) is 5.85. The summed E-state index contributed by atoms with van der Waals surface area (Å²) in [6.07, 6.45) is 1.68. The van der Waals surface area contributed by atoms with Gasteiger partial charge in [-0.2, -0.15) is 0 Å². The lowest BCUT2D eigenvalue weighted by Crippen LogP contribution is -2.53. The van der Waals surface area contributed by atoms with Crippen LogP contribution in [-0.2, 0) is 11.3 Å². The summed E-state index contributed by atoms with van der Waals surface area (Å²) in [4.78, 5) is 35.5. The van der Waals surface area contributed by atoms with Gasteiger partial charge in [-0.3, -0.25) is 4.90 Å². The number of methoxy groups -OCH3 is 2. The Balaban J connectivity index is 1.49. The van der Waals surface area contributed by atoms with E-state index in [0.29, 0.717) is 44.1 Å². The Hall–Kier alpha value is -4.07. The molecule has 0 N–H and O–H groups in total. The fraction of sp³-hybridized carbons (Fsp3) is 0.269. The quantitative estimate of drug-likeness (QED) is 0.521. The number of nitrogens with zero attached hydrogens (tertiary/aromatic N) is 4. The molecule has 1 fully saturated rings. The lowest BCUT2D eigenvalue weighted by atomic mass is 10.1. The van der Waals surface area contributed by atoms with E-state index in [1.807, 2.05) is 59.5 Å². The number of aromatic nitrogens is 1. The number of benzene rings is 2. The zero-order chi connectivity index (χ0) is 23.9. The number of urea groups is 1. The van der Waals surface area contributed by atoms with Gasteiger partial charge in [0.05, 0.1) is 32.0 Å². The number of carbonyl (C=O) groups is 2. The molecule has 0 spiro atoms. The summed E-state index contributed by atoms with van der Waals surface area (Å²) < 4.78 is 10.3. The number of anilines is 2. The zero-order valence-electron chi connectivity index (χ0n) is 19.4. The highest BCUT2D eigenvalue weighted by Crippen LogP contribution is 2.28. The van der Waals surface area contributed by atoms with Crippen LogP contribution in [0.2, 0.25) is 0 Å². The monoisotopic (exact) mass is 460 g/mol. The van der Waals surface area contributed by atoms with E-state index in [-0.39, 0.29) is 6.03 Å². The first-order chi connectivity index (χ1) is 16.6. The van der Waals surface area contributed by atoms with E-state index in [2.05, 4.69) is 9.88 Å². The molecule has 0 unspecified atom stereocenters. The molecule has 1 aliphatic heterocycles. The van der Waals surface area contributed by atoms with E-state index in [0.717, 1.165) is 17.0 Å². The molecule has 0 aliphatic carbocycles. The fourth-order valence-electron chi connectivity index (χ4n) is 4.01. The third kappa shape index (κ3) is 5.11. The Morgan fingerprint density at radius 2 is 1.62 bits per heavy atom. The van der Waals surface area contributed by atoms with Crippen molar-refractivity contribution >= 4 is 23.5 Å². The van der Waals surface area contributed by atoms with Crippen LogP contribution in [0, 0.1) is 0 Å². The van der Waals surface area contributed by atoms with E-state index in [9.17, 15) is 9.59 Å². The second kappa shape index (κ2) is 10.7. The molecule has 4 rings (SSSR count). The first-order valence-electron chi connectivity index (χ1n) is 11.1. The maximum absolute atomic E-state index is 13.6. The maximum Gasteiger partial charge on any atom is 0.337 e. The molecule has 8 heteroatoms. The van der Waals surface area contributed by atoms with Crippen LogP contribution in [0.3, 0.4) is 0 Å². The molecule has 1 aliphatic rings. The van der Waals surface area contributed by atoms with Crippen LogP contribution >= 0.6 is 0 Å². The first-order valence-corrected chi connectivity index (χ1v) is 11.1. The SMILES string of the molecule is COC(=O)c1ccc(CN(C(=O)N2CCN(c3ccccc3OC)CC2)c2ccccn2)cc1. The van der Waals surface area contributed by atoms with Gasteiger partial charge in [0.15, 0.2) is 0 Å². The molecule has 0 atom stereocenters. The van der Waals surface area contributed by atoms with Crippen LogP contribution in [0.1, 0.15) is 15.9 Å². The van der Waals surface area contributed by atoms with Crippen molar-refractivity contribution in [3.05, 3.63) is 84.1 Å². The molecular weight excluding hydrogens is 432 g/mol. The normalized spacial score (nSPS) is 13.4. The van der Waals surface area contributed by atoms with Gasteiger partial charge in [0.2, 0.25) is 0 Å². The van der Waals surface area contributed by atoms with Crippen molar-refractivity contribution in [2.45, 2.75) is 6.54 Å². The van der Waals surface area contributed by atoms with E-state index in [1.54, 1.807) is 30.3 Å². The summed E-state index contributed by atoms with van der Waals surface area (Å²) in [7, 11) is 3.02. The van der Waals surface area contributed by atoms with Crippen LogP contribution < -0.4 is 14.5 Å². The van der Waals surface area contributed by atoms with Crippen LogP contribution in [0.4, 0.5) is 16.3 Å². The molecule has 8 nitrogen and oxygen atoms in total.